The molecule has 1 aromatic carbocycles. The second-order valence-corrected chi connectivity index (χ2v) is 5.00. The summed E-state index contributed by atoms with van der Waals surface area (Å²) in [4.78, 5) is 23.2. The van der Waals surface area contributed by atoms with E-state index in [1.54, 1.807) is 12.1 Å². The minimum Gasteiger partial charge on any atom is -0.389 e. The van der Waals surface area contributed by atoms with E-state index >= 15 is 0 Å². The average Bonchev–Trinajstić information content (AvgIpc) is 2.39. The van der Waals surface area contributed by atoms with Crippen molar-refractivity contribution in [3.05, 3.63) is 35.4 Å². The molecular formula is C16H22O3. The van der Waals surface area contributed by atoms with Gasteiger partial charge in [-0.1, -0.05) is 45.7 Å². The van der Waals surface area contributed by atoms with Crippen molar-refractivity contribution in [2.24, 2.45) is 0 Å². The summed E-state index contributed by atoms with van der Waals surface area (Å²) in [5, 5.41) is 0. The highest BCUT2D eigenvalue weighted by molar-refractivity contribution is 5.96. The van der Waals surface area contributed by atoms with E-state index in [4.69, 9.17) is 4.74 Å². The minimum absolute atomic E-state index is 0.309. The van der Waals surface area contributed by atoms with E-state index < -0.39 is 11.9 Å². The molecule has 19 heavy (non-hydrogen) atoms. The molecule has 0 atom stereocenters. The maximum atomic E-state index is 11.7. The summed E-state index contributed by atoms with van der Waals surface area (Å²) in [6.07, 6.45) is 3.10. The highest BCUT2D eigenvalue weighted by Gasteiger charge is 2.12. The molecule has 0 aliphatic carbocycles. The summed E-state index contributed by atoms with van der Waals surface area (Å²) in [5.74, 6) is -0.580. The Morgan fingerprint density at radius 2 is 1.74 bits per heavy atom. The number of rotatable bonds is 6. The lowest BCUT2D eigenvalue weighted by atomic mass is 10.0. The zero-order valence-corrected chi connectivity index (χ0v) is 11.9. The van der Waals surface area contributed by atoms with Gasteiger partial charge in [0.2, 0.25) is 0 Å². The van der Waals surface area contributed by atoms with E-state index in [0.717, 1.165) is 24.8 Å². The van der Waals surface area contributed by atoms with Gasteiger partial charge in [0.15, 0.2) is 0 Å². The summed E-state index contributed by atoms with van der Waals surface area (Å²) in [6.45, 7) is 6.24. The summed E-state index contributed by atoms with van der Waals surface area (Å²) in [5.41, 5.74) is 1.58. The Morgan fingerprint density at radius 3 is 2.26 bits per heavy atom. The van der Waals surface area contributed by atoms with Crippen LogP contribution in [0.4, 0.5) is 0 Å². The Labute approximate surface area is 115 Å². The van der Waals surface area contributed by atoms with Crippen LogP contribution in [0, 0.1) is 0 Å². The molecule has 0 saturated heterocycles. The number of unbranched alkanes of at least 4 members (excludes halogenated alkanes) is 2. The minimum atomic E-state index is -0.559. The highest BCUT2D eigenvalue weighted by Crippen LogP contribution is 2.15. The molecule has 1 aromatic rings. The maximum absolute atomic E-state index is 11.7. The smallest absolute Gasteiger partial charge is 0.345 e. The third-order valence-corrected chi connectivity index (χ3v) is 3.00. The van der Waals surface area contributed by atoms with Crippen LogP contribution in [0.2, 0.25) is 0 Å². The lowest BCUT2D eigenvalue weighted by Crippen LogP contribution is -2.12. The van der Waals surface area contributed by atoms with Crippen LogP contribution in [0.15, 0.2) is 24.3 Å². The largest absolute Gasteiger partial charge is 0.389 e. The Hall–Kier alpha value is -1.64. The SMILES string of the molecule is CCCCCC(=O)OC(=O)c1ccc(C(C)C)cc1. The molecule has 3 nitrogen and oxygen atoms in total. The fraction of sp³-hybridized carbons (Fsp3) is 0.500. The van der Waals surface area contributed by atoms with E-state index in [2.05, 4.69) is 20.8 Å². The molecule has 0 unspecified atom stereocenters. The van der Waals surface area contributed by atoms with Crippen LogP contribution in [-0.2, 0) is 9.53 Å². The number of esters is 2. The maximum Gasteiger partial charge on any atom is 0.345 e. The van der Waals surface area contributed by atoms with Gasteiger partial charge in [0.05, 0.1) is 5.56 Å². The number of carbonyl (C=O) groups is 2. The zero-order valence-electron chi connectivity index (χ0n) is 11.9. The molecule has 0 aliphatic heterocycles. The van der Waals surface area contributed by atoms with E-state index in [9.17, 15) is 9.59 Å². The number of carbonyl (C=O) groups excluding carboxylic acids is 2. The summed E-state index contributed by atoms with van der Waals surface area (Å²) >= 11 is 0. The molecule has 3 heteroatoms. The molecule has 0 heterocycles. The summed E-state index contributed by atoms with van der Waals surface area (Å²) < 4.78 is 4.81. The first-order valence-corrected chi connectivity index (χ1v) is 6.89. The standard InChI is InChI=1S/C16H22O3/c1-4-5-6-7-15(17)19-16(18)14-10-8-13(9-11-14)12(2)3/h8-12H,4-7H2,1-3H3. The number of benzene rings is 1. The van der Waals surface area contributed by atoms with Crippen LogP contribution in [-0.4, -0.2) is 11.9 Å². The molecule has 0 amide bonds. The van der Waals surface area contributed by atoms with E-state index in [1.165, 1.54) is 0 Å². The van der Waals surface area contributed by atoms with Gasteiger partial charge in [-0.3, -0.25) is 4.79 Å². The van der Waals surface area contributed by atoms with Gasteiger partial charge in [0.25, 0.3) is 0 Å². The van der Waals surface area contributed by atoms with Crippen molar-refractivity contribution in [3.63, 3.8) is 0 Å². The van der Waals surface area contributed by atoms with Crippen molar-refractivity contribution < 1.29 is 14.3 Å². The van der Waals surface area contributed by atoms with Gasteiger partial charge in [0, 0.05) is 6.42 Å². The summed E-state index contributed by atoms with van der Waals surface area (Å²) in [6, 6.07) is 7.19. The molecule has 0 bridgehead atoms. The van der Waals surface area contributed by atoms with E-state index in [0.29, 0.717) is 17.9 Å². The number of hydrogen-bond acceptors (Lipinski definition) is 3. The molecular weight excluding hydrogens is 240 g/mol. The normalized spacial score (nSPS) is 10.5. The predicted molar refractivity (Wildman–Crippen MR) is 75.1 cm³/mol. The quantitative estimate of drug-likeness (QED) is 0.441. The van der Waals surface area contributed by atoms with Crippen molar-refractivity contribution >= 4 is 11.9 Å². The summed E-state index contributed by atoms with van der Waals surface area (Å²) in [7, 11) is 0. The highest BCUT2D eigenvalue weighted by atomic mass is 16.6. The zero-order chi connectivity index (χ0) is 14.3. The van der Waals surface area contributed by atoms with Gasteiger partial charge in [-0.15, -0.1) is 0 Å². The monoisotopic (exact) mass is 262 g/mol. The molecule has 104 valence electrons. The van der Waals surface area contributed by atoms with Crippen molar-refractivity contribution in [3.8, 4) is 0 Å². The van der Waals surface area contributed by atoms with Crippen molar-refractivity contribution in [1.82, 2.24) is 0 Å². The molecule has 0 aliphatic rings. The third kappa shape index (κ3) is 5.25. The van der Waals surface area contributed by atoms with Crippen LogP contribution in [0.3, 0.4) is 0 Å². The first kappa shape index (κ1) is 15.4. The Balaban J connectivity index is 2.51. The Morgan fingerprint density at radius 1 is 1.11 bits per heavy atom. The van der Waals surface area contributed by atoms with Gasteiger partial charge < -0.3 is 4.74 Å². The Kier molecular flexibility index (Phi) is 6.26. The fourth-order valence-corrected chi connectivity index (χ4v) is 1.74. The molecule has 0 N–H and O–H groups in total. The van der Waals surface area contributed by atoms with Crippen molar-refractivity contribution in [1.29, 1.82) is 0 Å². The van der Waals surface area contributed by atoms with Crippen LogP contribution >= 0.6 is 0 Å². The average molecular weight is 262 g/mol. The lowest BCUT2D eigenvalue weighted by Gasteiger charge is -2.06. The Bertz CT molecular complexity index is 418. The van der Waals surface area contributed by atoms with Crippen LogP contribution in [0.5, 0.6) is 0 Å². The fourth-order valence-electron chi connectivity index (χ4n) is 1.74. The van der Waals surface area contributed by atoms with Crippen LogP contribution < -0.4 is 0 Å². The van der Waals surface area contributed by atoms with Crippen LogP contribution in [0.1, 0.15) is 68.3 Å². The van der Waals surface area contributed by atoms with Gasteiger partial charge >= 0.3 is 11.9 Å². The predicted octanol–water partition coefficient (Wildman–Crippen LogP) is 4.07. The molecule has 0 spiro atoms. The van der Waals surface area contributed by atoms with Gasteiger partial charge in [0.1, 0.15) is 0 Å². The topological polar surface area (TPSA) is 43.4 Å². The van der Waals surface area contributed by atoms with Gasteiger partial charge in [-0.2, -0.15) is 0 Å². The second-order valence-electron chi connectivity index (χ2n) is 5.00. The van der Waals surface area contributed by atoms with Crippen LogP contribution in [0.25, 0.3) is 0 Å². The van der Waals surface area contributed by atoms with Crippen molar-refractivity contribution in [2.75, 3.05) is 0 Å². The van der Waals surface area contributed by atoms with E-state index in [1.807, 2.05) is 12.1 Å². The first-order valence-electron chi connectivity index (χ1n) is 6.89. The molecule has 0 fully saturated rings. The van der Waals surface area contributed by atoms with Gasteiger partial charge in [-0.05, 0) is 30.0 Å². The molecule has 1 rings (SSSR count). The number of hydrogen-bond donors (Lipinski definition) is 0. The third-order valence-electron chi connectivity index (χ3n) is 3.00. The molecule has 0 aromatic heterocycles. The molecule has 0 saturated carbocycles. The second kappa shape index (κ2) is 7.72. The van der Waals surface area contributed by atoms with Gasteiger partial charge in [-0.25, -0.2) is 4.79 Å². The molecule has 0 radical (unpaired) electrons. The lowest BCUT2D eigenvalue weighted by molar-refractivity contribution is -0.138. The first-order chi connectivity index (χ1) is 9.04. The van der Waals surface area contributed by atoms with Crippen molar-refractivity contribution in [2.45, 2.75) is 52.4 Å². The number of ether oxygens (including phenoxy) is 1. The van der Waals surface area contributed by atoms with E-state index in [-0.39, 0.29) is 0 Å².